The maximum absolute atomic E-state index is 13.0. The van der Waals surface area contributed by atoms with Gasteiger partial charge in [0.1, 0.15) is 0 Å². The molecule has 6 nitrogen and oxygen atoms in total. The summed E-state index contributed by atoms with van der Waals surface area (Å²) >= 11 is 0. The molecular formula is C20H26N4O2. The van der Waals surface area contributed by atoms with Gasteiger partial charge in [0, 0.05) is 37.9 Å². The summed E-state index contributed by atoms with van der Waals surface area (Å²) in [6.07, 6.45) is 2.38. The summed E-state index contributed by atoms with van der Waals surface area (Å²) < 4.78 is 1.82. The minimum Gasteiger partial charge on any atom is -0.337 e. The SMILES string of the molecule is CC(C)C(CN1C(=O)NCC(Cc2ccccc2)C1=O)c1ccnn1C. The molecule has 2 aromatic rings. The van der Waals surface area contributed by atoms with Gasteiger partial charge in [0.2, 0.25) is 5.91 Å². The van der Waals surface area contributed by atoms with Gasteiger partial charge in [0.05, 0.1) is 5.92 Å². The molecule has 1 aromatic carbocycles. The second-order valence-corrected chi connectivity index (χ2v) is 7.25. The zero-order valence-electron chi connectivity index (χ0n) is 15.6. The summed E-state index contributed by atoms with van der Waals surface area (Å²) in [5.41, 5.74) is 2.14. The van der Waals surface area contributed by atoms with Crippen molar-refractivity contribution in [2.24, 2.45) is 18.9 Å². The zero-order chi connectivity index (χ0) is 18.7. The van der Waals surface area contributed by atoms with Gasteiger partial charge in [-0.25, -0.2) is 4.79 Å². The molecule has 138 valence electrons. The van der Waals surface area contributed by atoms with Crippen LogP contribution in [0, 0.1) is 11.8 Å². The molecule has 2 unspecified atom stereocenters. The number of aromatic nitrogens is 2. The van der Waals surface area contributed by atoms with E-state index in [1.54, 1.807) is 6.20 Å². The van der Waals surface area contributed by atoms with Crippen molar-refractivity contribution >= 4 is 11.9 Å². The Kier molecular flexibility index (Phi) is 5.40. The van der Waals surface area contributed by atoms with E-state index in [4.69, 9.17) is 0 Å². The van der Waals surface area contributed by atoms with E-state index in [-0.39, 0.29) is 29.7 Å². The van der Waals surface area contributed by atoms with E-state index in [1.807, 2.05) is 48.1 Å². The maximum Gasteiger partial charge on any atom is 0.324 e. The highest BCUT2D eigenvalue weighted by molar-refractivity contribution is 5.98. The van der Waals surface area contributed by atoms with Crippen LogP contribution < -0.4 is 5.32 Å². The van der Waals surface area contributed by atoms with E-state index in [9.17, 15) is 9.59 Å². The third kappa shape index (κ3) is 3.79. The van der Waals surface area contributed by atoms with Gasteiger partial charge in [0.25, 0.3) is 0 Å². The molecule has 0 spiro atoms. The average molecular weight is 354 g/mol. The largest absolute Gasteiger partial charge is 0.337 e. The van der Waals surface area contributed by atoms with Crippen LogP contribution in [0.25, 0.3) is 0 Å². The minimum absolute atomic E-state index is 0.0488. The first-order chi connectivity index (χ1) is 12.5. The van der Waals surface area contributed by atoms with E-state index in [0.29, 0.717) is 19.5 Å². The number of benzene rings is 1. The van der Waals surface area contributed by atoms with Gasteiger partial charge in [-0.2, -0.15) is 5.10 Å². The summed E-state index contributed by atoms with van der Waals surface area (Å²) in [5, 5.41) is 7.12. The molecule has 2 atom stereocenters. The molecule has 3 rings (SSSR count). The lowest BCUT2D eigenvalue weighted by Crippen LogP contribution is -2.56. The Hall–Kier alpha value is -2.63. The van der Waals surface area contributed by atoms with Crippen LogP contribution in [-0.2, 0) is 18.3 Å². The lowest BCUT2D eigenvalue weighted by Gasteiger charge is -2.34. The molecule has 1 saturated heterocycles. The second-order valence-electron chi connectivity index (χ2n) is 7.25. The normalized spacial score (nSPS) is 18.9. The highest BCUT2D eigenvalue weighted by atomic mass is 16.2. The molecule has 1 N–H and O–H groups in total. The molecule has 0 saturated carbocycles. The minimum atomic E-state index is -0.299. The Balaban J connectivity index is 1.77. The van der Waals surface area contributed by atoms with Crippen LogP contribution in [0.5, 0.6) is 0 Å². The van der Waals surface area contributed by atoms with Crippen molar-refractivity contribution in [2.75, 3.05) is 13.1 Å². The molecular weight excluding hydrogens is 328 g/mol. The Labute approximate surface area is 154 Å². The van der Waals surface area contributed by atoms with Gasteiger partial charge >= 0.3 is 6.03 Å². The van der Waals surface area contributed by atoms with Crippen molar-refractivity contribution in [3.8, 4) is 0 Å². The van der Waals surface area contributed by atoms with Crippen molar-refractivity contribution in [1.29, 1.82) is 0 Å². The fourth-order valence-corrected chi connectivity index (χ4v) is 3.54. The van der Waals surface area contributed by atoms with Gasteiger partial charge in [-0.15, -0.1) is 0 Å². The summed E-state index contributed by atoms with van der Waals surface area (Å²) in [6.45, 7) is 4.96. The third-order valence-corrected chi connectivity index (χ3v) is 5.11. The Morgan fingerprint density at radius 2 is 1.92 bits per heavy atom. The lowest BCUT2D eigenvalue weighted by molar-refractivity contribution is -0.134. The van der Waals surface area contributed by atoms with E-state index >= 15 is 0 Å². The maximum atomic E-state index is 13.0. The average Bonchev–Trinajstić information content (AvgIpc) is 3.04. The van der Waals surface area contributed by atoms with E-state index in [0.717, 1.165) is 11.3 Å². The molecule has 2 heterocycles. The predicted octanol–water partition coefficient (Wildman–Crippen LogP) is 2.57. The molecule has 6 heteroatoms. The quantitative estimate of drug-likeness (QED) is 0.867. The van der Waals surface area contributed by atoms with Crippen molar-refractivity contribution in [1.82, 2.24) is 20.0 Å². The topological polar surface area (TPSA) is 67.2 Å². The summed E-state index contributed by atoms with van der Waals surface area (Å²) in [4.78, 5) is 26.8. The highest BCUT2D eigenvalue weighted by Crippen LogP contribution is 2.27. The molecule has 0 bridgehead atoms. The van der Waals surface area contributed by atoms with Gasteiger partial charge in [-0.1, -0.05) is 44.2 Å². The van der Waals surface area contributed by atoms with Crippen LogP contribution in [0.4, 0.5) is 4.79 Å². The summed E-state index contributed by atoms with van der Waals surface area (Å²) in [6, 6.07) is 11.6. The van der Waals surface area contributed by atoms with Crippen LogP contribution in [0.2, 0.25) is 0 Å². The van der Waals surface area contributed by atoms with Crippen molar-refractivity contribution < 1.29 is 9.59 Å². The number of urea groups is 1. The van der Waals surface area contributed by atoms with Crippen LogP contribution in [0.3, 0.4) is 0 Å². The zero-order valence-corrected chi connectivity index (χ0v) is 15.6. The first-order valence-electron chi connectivity index (χ1n) is 9.08. The number of rotatable bonds is 6. The van der Waals surface area contributed by atoms with Crippen molar-refractivity contribution in [3.63, 3.8) is 0 Å². The number of carbonyl (C=O) groups is 2. The van der Waals surface area contributed by atoms with E-state index < -0.39 is 0 Å². The number of nitrogens with one attached hydrogen (secondary N) is 1. The molecule has 1 fully saturated rings. The number of hydrogen-bond acceptors (Lipinski definition) is 3. The number of hydrogen-bond donors (Lipinski definition) is 1. The highest BCUT2D eigenvalue weighted by Gasteiger charge is 2.36. The first kappa shape index (κ1) is 18.2. The predicted molar refractivity (Wildman–Crippen MR) is 99.5 cm³/mol. The molecule has 1 aromatic heterocycles. The standard InChI is InChI=1S/C20H26N4O2/c1-14(2)17(18-9-10-22-23(18)3)13-24-19(25)16(12-21-20(24)26)11-15-7-5-4-6-8-15/h4-10,14,16-17H,11-13H2,1-3H3,(H,21,26). The van der Waals surface area contributed by atoms with Crippen LogP contribution in [0.15, 0.2) is 42.6 Å². The fourth-order valence-electron chi connectivity index (χ4n) is 3.54. The molecule has 3 amide bonds. The fraction of sp³-hybridized carbons (Fsp3) is 0.450. The van der Waals surface area contributed by atoms with Gasteiger partial charge < -0.3 is 5.32 Å². The summed E-state index contributed by atoms with van der Waals surface area (Å²) in [7, 11) is 1.89. The Bertz CT molecular complexity index is 769. The number of nitrogens with zero attached hydrogens (tertiary/aromatic N) is 3. The lowest BCUT2D eigenvalue weighted by atomic mass is 9.90. The Morgan fingerprint density at radius 1 is 1.19 bits per heavy atom. The molecule has 0 radical (unpaired) electrons. The molecule has 1 aliphatic rings. The van der Waals surface area contributed by atoms with Crippen molar-refractivity contribution in [2.45, 2.75) is 26.2 Å². The first-order valence-corrected chi connectivity index (χ1v) is 9.08. The Morgan fingerprint density at radius 3 is 2.54 bits per heavy atom. The molecule has 1 aliphatic heterocycles. The smallest absolute Gasteiger partial charge is 0.324 e. The monoisotopic (exact) mass is 354 g/mol. The van der Waals surface area contributed by atoms with Crippen LogP contribution >= 0.6 is 0 Å². The molecule has 0 aliphatic carbocycles. The summed E-state index contributed by atoms with van der Waals surface area (Å²) in [5.74, 6) is 0.00745. The number of imide groups is 1. The van der Waals surface area contributed by atoms with Crippen molar-refractivity contribution in [3.05, 3.63) is 53.9 Å². The van der Waals surface area contributed by atoms with Gasteiger partial charge in [-0.05, 0) is 24.0 Å². The second kappa shape index (κ2) is 7.72. The van der Waals surface area contributed by atoms with Gasteiger partial charge in [-0.3, -0.25) is 14.4 Å². The number of amides is 3. The number of aryl methyl sites for hydroxylation is 1. The number of carbonyl (C=O) groups excluding carboxylic acids is 2. The third-order valence-electron chi connectivity index (χ3n) is 5.11. The van der Waals surface area contributed by atoms with Crippen LogP contribution in [-0.4, -0.2) is 39.7 Å². The van der Waals surface area contributed by atoms with Gasteiger partial charge in [0.15, 0.2) is 0 Å². The van der Waals surface area contributed by atoms with E-state index in [1.165, 1.54) is 4.90 Å². The molecule has 26 heavy (non-hydrogen) atoms. The van der Waals surface area contributed by atoms with E-state index in [2.05, 4.69) is 24.3 Å². The van der Waals surface area contributed by atoms with Crippen LogP contribution in [0.1, 0.15) is 31.0 Å².